The number of carbonyl (C=O) groups is 2. The van der Waals surface area contributed by atoms with Gasteiger partial charge < -0.3 is 14.4 Å². The molecule has 4 unspecified atom stereocenters. The van der Waals surface area contributed by atoms with E-state index < -0.39 is 18.1 Å². The fourth-order valence-electron chi connectivity index (χ4n) is 5.05. The minimum atomic E-state index is -0.514. The molecule has 2 saturated heterocycles. The monoisotopic (exact) mass is 475 g/mol. The number of hydrogen-bond donors (Lipinski definition) is 2. The first-order chi connectivity index (χ1) is 17.0. The van der Waals surface area contributed by atoms with E-state index in [4.69, 9.17) is 9.47 Å². The molecule has 2 aliphatic heterocycles. The van der Waals surface area contributed by atoms with E-state index in [1.165, 1.54) is 12.1 Å². The van der Waals surface area contributed by atoms with Crippen molar-refractivity contribution < 1.29 is 23.5 Å². The molecule has 0 saturated carbocycles. The maximum atomic E-state index is 14.3. The normalized spacial score (nSPS) is 23.3. The molecule has 0 bridgehead atoms. The third-order valence-electron chi connectivity index (χ3n) is 6.63. The standard InChI is InChI=1S/C27H26FN3O4/c1-3-35-27(33)17-7-11-20(12-8-17)31-25(18-5-4-6-19(28)15-18)22-23(29-30-24(22)26(31)32)16-9-13-21(34-2)14-10-16/h4-15,22-25,29-30H,3H2,1-2H3. The predicted octanol–water partition coefficient (Wildman–Crippen LogP) is 3.93. The van der Waals surface area contributed by atoms with Crippen molar-refractivity contribution in [3.63, 3.8) is 0 Å². The van der Waals surface area contributed by atoms with Gasteiger partial charge in [0.15, 0.2) is 0 Å². The van der Waals surface area contributed by atoms with Gasteiger partial charge in [-0.15, -0.1) is 0 Å². The Hall–Kier alpha value is -3.75. The summed E-state index contributed by atoms with van der Waals surface area (Å²) in [6.07, 6.45) is 0. The SMILES string of the molecule is CCOC(=O)c1ccc(N2C(=O)C3NNC(c4ccc(OC)cc4)C3C2c2cccc(F)c2)cc1. The first-order valence-electron chi connectivity index (χ1n) is 11.5. The van der Waals surface area contributed by atoms with E-state index in [0.29, 0.717) is 16.8 Å². The molecule has 0 radical (unpaired) electrons. The maximum Gasteiger partial charge on any atom is 0.338 e. The van der Waals surface area contributed by atoms with E-state index >= 15 is 0 Å². The number of fused-ring (bicyclic) bond motifs is 1. The van der Waals surface area contributed by atoms with Gasteiger partial charge in [-0.25, -0.2) is 20.0 Å². The zero-order valence-electron chi connectivity index (χ0n) is 19.4. The topological polar surface area (TPSA) is 79.9 Å². The number of hydrogen-bond acceptors (Lipinski definition) is 6. The smallest absolute Gasteiger partial charge is 0.338 e. The van der Waals surface area contributed by atoms with Crippen molar-refractivity contribution in [1.82, 2.24) is 10.9 Å². The van der Waals surface area contributed by atoms with Crippen molar-refractivity contribution >= 4 is 17.6 Å². The number of esters is 1. The Morgan fingerprint density at radius 1 is 0.971 bits per heavy atom. The summed E-state index contributed by atoms with van der Waals surface area (Å²) < 4.78 is 24.7. The van der Waals surface area contributed by atoms with E-state index in [2.05, 4.69) is 10.9 Å². The quantitative estimate of drug-likeness (QED) is 0.526. The van der Waals surface area contributed by atoms with Gasteiger partial charge in [0, 0.05) is 11.6 Å². The van der Waals surface area contributed by atoms with Crippen LogP contribution in [0.5, 0.6) is 5.75 Å². The summed E-state index contributed by atoms with van der Waals surface area (Å²) in [5, 5.41) is 0. The molecule has 0 aliphatic carbocycles. The molecule has 2 heterocycles. The number of methoxy groups -OCH3 is 1. The van der Waals surface area contributed by atoms with Gasteiger partial charge in [0.2, 0.25) is 5.91 Å². The first-order valence-corrected chi connectivity index (χ1v) is 11.5. The van der Waals surface area contributed by atoms with Crippen LogP contribution >= 0.6 is 0 Å². The Balaban J connectivity index is 1.55. The summed E-state index contributed by atoms with van der Waals surface area (Å²) in [7, 11) is 1.61. The van der Waals surface area contributed by atoms with Gasteiger partial charge in [-0.2, -0.15) is 0 Å². The molecular formula is C27H26FN3O4. The number of nitrogens with one attached hydrogen (secondary N) is 2. The molecule has 1 amide bonds. The van der Waals surface area contributed by atoms with E-state index in [1.807, 2.05) is 30.3 Å². The van der Waals surface area contributed by atoms with Crippen LogP contribution in [0.3, 0.4) is 0 Å². The van der Waals surface area contributed by atoms with E-state index in [1.54, 1.807) is 49.3 Å². The van der Waals surface area contributed by atoms with Crippen molar-refractivity contribution in [3.8, 4) is 5.75 Å². The number of rotatable bonds is 6. The van der Waals surface area contributed by atoms with Crippen LogP contribution in [0.4, 0.5) is 10.1 Å². The Kier molecular flexibility index (Phi) is 6.23. The maximum absolute atomic E-state index is 14.3. The molecule has 2 fully saturated rings. The second kappa shape index (κ2) is 9.48. The number of halogens is 1. The molecule has 180 valence electrons. The fourth-order valence-corrected chi connectivity index (χ4v) is 5.05. The molecule has 5 rings (SSSR count). The Labute approximate surface area is 202 Å². The summed E-state index contributed by atoms with van der Waals surface area (Å²) in [5.74, 6) is -0.394. The Bertz CT molecular complexity index is 1230. The Morgan fingerprint density at radius 2 is 1.69 bits per heavy atom. The second-order valence-electron chi connectivity index (χ2n) is 8.57. The van der Waals surface area contributed by atoms with Crippen LogP contribution in [-0.2, 0) is 9.53 Å². The summed E-state index contributed by atoms with van der Waals surface area (Å²) in [6, 6.07) is 19.6. The van der Waals surface area contributed by atoms with Gasteiger partial charge in [0.25, 0.3) is 0 Å². The number of nitrogens with zero attached hydrogens (tertiary/aromatic N) is 1. The van der Waals surface area contributed by atoms with Crippen LogP contribution in [0, 0.1) is 11.7 Å². The van der Waals surface area contributed by atoms with Gasteiger partial charge >= 0.3 is 5.97 Å². The molecule has 3 aromatic rings. The van der Waals surface area contributed by atoms with Crippen LogP contribution in [-0.4, -0.2) is 31.6 Å². The lowest BCUT2D eigenvalue weighted by molar-refractivity contribution is -0.119. The highest BCUT2D eigenvalue weighted by atomic mass is 19.1. The number of amides is 1. The molecule has 2 N–H and O–H groups in total. The predicted molar refractivity (Wildman–Crippen MR) is 128 cm³/mol. The zero-order valence-corrected chi connectivity index (χ0v) is 19.4. The number of hydrazine groups is 1. The van der Waals surface area contributed by atoms with Gasteiger partial charge in [0.1, 0.15) is 17.6 Å². The summed E-state index contributed by atoms with van der Waals surface area (Å²) in [5.41, 5.74) is 9.15. The summed E-state index contributed by atoms with van der Waals surface area (Å²) in [4.78, 5) is 27.5. The van der Waals surface area contributed by atoms with Crippen molar-refractivity contribution in [3.05, 3.63) is 95.3 Å². The van der Waals surface area contributed by atoms with Crippen molar-refractivity contribution in [2.45, 2.75) is 25.0 Å². The molecule has 0 aromatic heterocycles. The molecule has 8 heteroatoms. The van der Waals surface area contributed by atoms with Gasteiger partial charge in [-0.1, -0.05) is 24.3 Å². The molecular weight excluding hydrogens is 449 g/mol. The van der Waals surface area contributed by atoms with Crippen LogP contribution in [0.2, 0.25) is 0 Å². The average molecular weight is 476 g/mol. The summed E-state index contributed by atoms with van der Waals surface area (Å²) >= 11 is 0. The minimum Gasteiger partial charge on any atom is -0.497 e. The van der Waals surface area contributed by atoms with Crippen LogP contribution in [0.1, 0.15) is 40.5 Å². The number of anilines is 1. The third kappa shape index (κ3) is 4.15. The molecule has 0 spiro atoms. The average Bonchev–Trinajstić information content (AvgIpc) is 3.43. The van der Waals surface area contributed by atoms with Gasteiger partial charge in [-0.05, 0) is 66.6 Å². The second-order valence-corrected chi connectivity index (χ2v) is 8.57. The lowest BCUT2D eigenvalue weighted by Crippen LogP contribution is -2.41. The molecule has 3 aromatic carbocycles. The Morgan fingerprint density at radius 3 is 2.34 bits per heavy atom. The van der Waals surface area contributed by atoms with Crippen LogP contribution < -0.4 is 20.5 Å². The lowest BCUT2D eigenvalue weighted by atomic mass is 9.83. The van der Waals surface area contributed by atoms with Crippen LogP contribution in [0.15, 0.2) is 72.8 Å². The van der Waals surface area contributed by atoms with Gasteiger partial charge in [0.05, 0.1) is 31.4 Å². The minimum absolute atomic E-state index is 0.128. The molecule has 2 aliphatic rings. The highest BCUT2D eigenvalue weighted by Crippen LogP contribution is 2.49. The summed E-state index contributed by atoms with van der Waals surface area (Å²) in [6.45, 7) is 2.03. The van der Waals surface area contributed by atoms with Crippen molar-refractivity contribution in [2.75, 3.05) is 18.6 Å². The van der Waals surface area contributed by atoms with Crippen molar-refractivity contribution in [1.29, 1.82) is 0 Å². The van der Waals surface area contributed by atoms with E-state index in [0.717, 1.165) is 11.3 Å². The fraction of sp³-hybridized carbons (Fsp3) is 0.259. The first kappa shape index (κ1) is 23.0. The highest BCUT2D eigenvalue weighted by Gasteiger charge is 2.56. The van der Waals surface area contributed by atoms with Crippen molar-refractivity contribution in [2.24, 2.45) is 5.92 Å². The molecule has 4 atom stereocenters. The highest BCUT2D eigenvalue weighted by molar-refractivity contribution is 6.02. The molecule has 35 heavy (non-hydrogen) atoms. The third-order valence-corrected chi connectivity index (χ3v) is 6.63. The lowest BCUT2D eigenvalue weighted by Gasteiger charge is -2.31. The van der Waals surface area contributed by atoms with Gasteiger partial charge in [-0.3, -0.25) is 4.79 Å². The largest absolute Gasteiger partial charge is 0.497 e. The van der Waals surface area contributed by atoms with Crippen LogP contribution in [0.25, 0.3) is 0 Å². The number of carbonyl (C=O) groups excluding carboxylic acids is 2. The number of ether oxygens (including phenoxy) is 2. The zero-order chi connectivity index (χ0) is 24.5. The van der Waals surface area contributed by atoms with E-state index in [-0.39, 0.29) is 30.3 Å². The molecule has 7 nitrogen and oxygen atoms in total. The van der Waals surface area contributed by atoms with E-state index in [9.17, 15) is 14.0 Å². The number of benzene rings is 3.